The molecule has 1 aromatic carbocycles. The predicted molar refractivity (Wildman–Crippen MR) is 78.8 cm³/mol. The van der Waals surface area contributed by atoms with Gasteiger partial charge in [0.25, 0.3) is 0 Å². The van der Waals surface area contributed by atoms with Crippen LogP contribution in [0.1, 0.15) is 17.2 Å². The molecule has 0 saturated heterocycles. The number of hydrogen-bond donors (Lipinski definition) is 2. The number of nitrogens with one attached hydrogen (secondary N) is 1. The molecule has 3 nitrogen and oxygen atoms in total. The van der Waals surface area contributed by atoms with Crippen LogP contribution in [-0.4, -0.2) is 25.3 Å². The van der Waals surface area contributed by atoms with E-state index < -0.39 is 6.10 Å². The lowest BCUT2D eigenvalue weighted by atomic mass is 10.1. The predicted octanol–water partition coefficient (Wildman–Crippen LogP) is 2.62. The van der Waals surface area contributed by atoms with Crippen LogP contribution >= 0.6 is 11.3 Å². The zero-order valence-electron chi connectivity index (χ0n) is 11.0. The van der Waals surface area contributed by atoms with Crippen LogP contribution in [0.4, 0.5) is 0 Å². The van der Waals surface area contributed by atoms with E-state index >= 15 is 0 Å². The Kier molecular flexibility index (Phi) is 5.39. The number of rotatable bonds is 7. The molecule has 102 valence electrons. The molecule has 19 heavy (non-hydrogen) atoms. The van der Waals surface area contributed by atoms with E-state index in [1.54, 1.807) is 18.4 Å². The molecule has 2 N–H and O–H groups in total. The van der Waals surface area contributed by atoms with Gasteiger partial charge in [0, 0.05) is 6.54 Å². The largest absolute Gasteiger partial charge is 0.497 e. The van der Waals surface area contributed by atoms with E-state index in [1.807, 2.05) is 29.0 Å². The Hall–Kier alpha value is -1.36. The summed E-state index contributed by atoms with van der Waals surface area (Å²) in [5.41, 5.74) is 2.25. The summed E-state index contributed by atoms with van der Waals surface area (Å²) < 4.78 is 5.12. The molecule has 4 heteroatoms. The molecule has 0 aliphatic rings. The van der Waals surface area contributed by atoms with Gasteiger partial charge < -0.3 is 15.2 Å². The molecule has 0 saturated carbocycles. The normalized spacial score (nSPS) is 12.3. The molecule has 0 bridgehead atoms. The summed E-state index contributed by atoms with van der Waals surface area (Å²) >= 11 is 1.61. The fourth-order valence-corrected chi connectivity index (χ4v) is 2.55. The topological polar surface area (TPSA) is 41.5 Å². The third kappa shape index (κ3) is 4.35. The van der Waals surface area contributed by atoms with Gasteiger partial charge >= 0.3 is 0 Å². The van der Waals surface area contributed by atoms with Gasteiger partial charge in [-0.15, -0.1) is 0 Å². The maximum Gasteiger partial charge on any atom is 0.118 e. The summed E-state index contributed by atoms with van der Waals surface area (Å²) in [6, 6.07) is 10.0. The van der Waals surface area contributed by atoms with Crippen molar-refractivity contribution in [3.8, 4) is 5.75 Å². The molecule has 0 aliphatic heterocycles. The quantitative estimate of drug-likeness (QED) is 0.764. The first-order valence-electron chi connectivity index (χ1n) is 6.33. The highest BCUT2D eigenvalue weighted by molar-refractivity contribution is 7.07. The highest BCUT2D eigenvalue weighted by Gasteiger charge is 2.06. The Bertz CT molecular complexity index is 467. The third-order valence-corrected chi connectivity index (χ3v) is 3.72. The Morgan fingerprint density at radius 3 is 2.68 bits per heavy atom. The Morgan fingerprint density at radius 2 is 2.05 bits per heavy atom. The standard InChI is InChI=1S/C15H19NO2S/c1-18-14-4-2-12(3-5-14)6-8-16-10-15(17)13-7-9-19-11-13/h2-5,7,9,11,15-17H,6,8,10H2,1H3. The van der Waals surface area contributed by atoms with Gasteiger partial charge in [-0.3, -0.25) is 0 Å². The van der Waals surface area contributed by atoms with E-state index in [9.17, 15) is 5.11 Å². The molecule has 0 fully saturated rings. The summed E-state index contributed by atoms with van der Waals surface area (Å²) in [5.74, 6) is 0.879. The van der Waals surface area contributed by atoms with Gasteiger partial charge in [0.15, 0.2) is 0 Å². The van der Waals surface area contributed by atoms with Crippen molar-refractivity contribution in [1.29, 1.82) is 0 Å². The van der Waals surface area contributed by atoms with Crippen LogP contribution < -0.4 is 10.1 Å². The van der Waals surface area contributed by atoms with Crippen LogP contribution in [0.15, 0.2) is 41.1 Å². The van der Waals surface area contributed by atoms with Crippen molar-refractivity contribution < 1.29 is 9.84 Å². The molecule has 1 unspecified atom stereocenters. The van der Waals surface area contributed by atoms with Crippen molar-refractivity contribution in [1.82, 2.24) is 5.32 Å². The molecule has 0 amide bonds. The maximum atomic E-state index is 9.90. The van der Waals surface area contributed by atoms with Gasteiger partial charge in [0.2, 0.25) is 0 Å². The maximum absolute atomic E-state index is 9.90. The summed E-state index contributed by atoms with van der Waals surface area (Å²) in [5, 5.41) is 17.1. The van der Waals surface area contributed by atoms with Crippen LogP contribution in [0, 0.1) is 0 Å². The number of ether oxygens (including phenoxy) is 1. The van der Waals surface area contributed by atoms with Crippen LogP contribution in [0.5, 0.6) is 5.75 Å². The number of methoxy groups -OCH3 is 1. The van der Waals surface area contributed by atoms with Crippen LogP contribution in [0.25, 0.3) is 0 Å². The van der Waals surface area contributed by atoms with E-state index in [2.05, 4.69) is 17.4 Å². The van der Waals surface area contributed by atoms with Crippen LogP contribution in [0.2, 0.25) is 0 Å². The zero-order valence-corrected chi connectivity index (χ0v) is 11.8. The first-order valence-corrected chi connectivity index (χ1v) is 7.27. The number of aliphatic hydroxyl groups is 1. The monoisotopic (exact) mass is 277 g/mol. The Labute approximate surface area is 117 Å². The van der Waals surface area contributed by atoms with E-state index in [0.717, 1.165) is 24.3 Å². The molecule has 0 aliphatic carbocycles. The highest BCUT2D eigenvalue weighted by Crippen LogP contribution is 2.15. The highest BCUT2D eigenvalue weighted by atomic mass is 32.1. The fourth-order valence-electron chi connectivity index (χ4n) is 1.85. The molecule has 2 rings (SSSR count). The Morgan fingerprint density at radius 1 is 1.26 bits per heavy atom. The zero-order chi connectivity index (χ0) is 13.5. The lowest BCUT2D eigenvalue weighted by Gasteiger charge is -2.10. The average molecular weight is 277 g/mol. The van der Waals surface area contributed by atoms with Crippen molar-refractivity contribution in [2.45, 2.75) is 12.5 Å². The Balaban J connectivity index is 1.68. The number of hydrogen-bond acceptors (Lipinski definition) is 4. The van der Waals surface area contributed by atoms with Crippen molar-refractivity contribution >= 4 is 11.3 Å². The molecule has 0 spiro atoms. The minimum Gasteiger partial charge on any atom is -0.497 e. The third-order valence-electron chi connectivity index (χ3n) is 3.02. The van der Waals surface area contributed by atoms with Gasteiger partial charge in [0.05, 0.1) is 13.2 Å². The molecular weight excluding hydrogens is 258 g/mol. The number of benzene rings is 1. The SMILES string of the molecule is COc1ccc(CCNCC(O)c2ccsc2)cc1. The second kappa shape index (κ2) is 7.28. The van der Waals surface area contributed by atoms with Gasteiger partial charge in [-0.05, 0) is 53.1 Å². The molecule has 1 aromatic heterocycles. The first kappa shape index (κ1) is 14.1. The van der Waals surface area contributed by atoms with Crippen LogP contribution in [0.3, 0.4) is 0 Å². The van der Waals surface area contributed by atoms with Crippen molar-refractivity contribution in [2.24, 2.45) is 0 Å². The minimum atomic E-state index is -0.415. The lowest BCUT2D eigenvalue weighted by molar-refractivity contribution is 0.175. The van der Waals surface area contributed by atoms with Gasteiger partial charge in [-0.2, -0.15) is 11.3 Å². The smallest absolute Gasteiger partial charge is 0.118 e. The lowest BCUT2D eigenvalue weighted by Crippen LogP contribution is -2.23. The second-order valence-electron chi connectivity index (χ2n) is 4.37. The van der Waals surface area contributed by atoms with E-state index in [0.29, 0.717) is 6.54 Å². The van der Waals surface area contributed by atoms with E-state index in [-0.39, 0.29) is 0 Å². The fraction of sp³-hybridized carbons (Fsp3) is 0.333. The summed E-state index contributed by atoms with van der Waals surface area (Å²) in [6.45, 7) is 1.44. The average Bonchev–Trinajstić information content (AvgIpc) is 2.98. The summed E-state index contributed by atoms with van der Waals surface area (Å²) in [7, 11) is 1.67. The number of aliphatic hydroxyl groups excluding tert-OH is 1. The molecule has 2 aromatic rings. The first-order chi connectivity index (χ1) is 9.29. The van der Waals surface area contributed by atoms with Crippen molar-refractivity contribution in [3.63, 3.8) is 0 Å². The molecule has 0 radical (unpaired) electrons. The van der Waals surface area contributed by atoms with Crippen molar-refractivity contribution in [2.75, 3.05) is 20.2 Å². The molecular formula is C15H19NO2S. The second-order valence-corrected chi connectivity index (χ2v) is 5.15. The van der Waals surface area contributed by atoms with Crippen LogP contribution in [-0.2, 0) is 6.42 Å². The minimum absolute atomic E-state index is 0.415. The van der Waals surface area contributed by atoms with E-state index in [4.69, 9.17) is 4.74 Å². The summed E-state index contributed by atoms with van der Waals surface area (Å²) in [4.78, 5) is 0. The molecule has 1 atom stereocenters. The number of thiophene rings is 1. The molecule has 1 heterocycles. The van der Waals surface area contributed by atoms with Gasteiger partial charge in [0.1, 0.15) is 5.75 Å². The van der Waals surface area contributed by atoms with Gasteiger partial charge in [-0.25, -0.2) is 0 Å². The van der Waals surface area contributed by atoms with E-state index in [1.165, 1.54) is 5.56 Å². The summed E-state index contributed by atoms with van der Waals surface area (Å²) in [6.07, 6.45) is 0.530. The van der Waals surface area contributed by atoms with Gasteiger partial charge in [-0.1, -0.05) is 12.1 Å². The van der Waals surface area contributed by atoms with Crippen molar-refractivity contribution in [3.05, 3.63) is 52.2 Å².